The van der Waals surface area contributed by atoms with Crippen LogP contribution in [0.5, 0.6) is 0 Å². The highest BCUT2D eigenvalue weighted by molar-refractivity contribution is 6.25. The predicted octanol–water partition coefficient (Wildman–Crippen LogP) is 19.3. The Balaban J connectivity index is 0.000000102. The van der Waals surface area contributed by atoms with Crippen LogP contribution in [-0.4, -0.2) is 0 Å². The molecule has 2 aliphatic carbocycles. The standard InChI is InChI=1S/C20H16.C19H16.C16H14.C15H14/c1-13-7-9-17-18-10-8-14(2)12-20(18)16-6-4-3-5-15(16)19(17)11-13;1-12-3-6-16-14(9-12)5-8-18-17-7-4-13(2)10-15(17)11-19(16)18;1-11-13-7-3-5-9-15(13)12(2)16-10-6-4-8-14(11)16;1-10-3-5-14-12(7-10)9-13-8-11(2)4-6-15(13)14/h3-12H,1-2H3;3-10H,11H2,1-2H3;3-10H,1-2H3;3-8H,9H2,1-2H3. The summed E-state index contributed by atoms with van der Waals surface area (Å²) in [7, 11) is 0. The minimum absolute atomic E-state index is 1.08. The molecule has 0 atom stereocenters. The lowest BCUT2D eigenvalue weighted by Gasteiger charge is -2.11. The third-order valence-electron chi connectivity index (χ3n) is 15.0. The Bertz CT molecular complexity index is 3760. The minimum Gasteiger partial charge on any atom is -0.0616 e. The van der Waals surface area contributed by atoms with Crippen LogP contribution in [0.15, 0.2) is 194 Å². The van der Waals surface area contributed by atoms with Crippen LogP contribution >= 0.6 is 0 Å². The van der Waals surface area contributed by atoms with Crippen LogP contribution in [0.1, 0.15) is 66.8 Å². The third kappa shape index (κ3) is 8.22. The van der Waals surface area contributed by atoms with E-state index >= 15 is 0 Å². The summed E-state index contributed by atoms with van der Waals surface area (Å²) in [6.07, 6.45) is 2.18. The van der Waals surface area contributed by atoms with Gasteiger partial charge in [-0.25, -0.2) is 0 Å². The van der Waals surface area contributed by atoms with Crippen molar-refractivity contribution in [1.29, 1.82) is 0 Å². The summed E-state index contributed by atoms with van der Waals surface area (Å²) in [5.74, 6) is 0. The molecule has 2 aliphatic rings. The van der Waals surface area contributed by atoms with Crippen molar-refractivity contribution in [3.63, 3.8) is 0 Å². The van der Waals surface area contributed by atoms with Crippen LogP contribution in [0.25, 0.3) is 86.9 Å². The molecule has 0 amide bonds. The van der Waals surface area contributed by atoms with Gasteiger partial charge in [-0.3, -0.25) is 0 Å². The topological polar surface area (TPSA) is 0 Å². The van der Waals surface area contributed by atoms with E-state index in [2.05, 4.69) is 250 Å². The molecule has 0 heterocycles. The predicted molar refractivity (Wildman–Crippen MR) is 305 cm³/mol. The molecule has 340 valence electrons. The number of hydrogen-bond donors (Lipinski definition) is 0. The van der Waals surface area contributed by atoms with Crippen molar-refractivity contribution >= 4 is 64.6 Å². The molecule has 0 saturated carbocycles. The van der Waals surface area contributed by atoms with E-state index in [1.54, 1.807) is 0 Å². The summed E-state index contributed by atoms with van der Waals surface area (Å²) in [6.45, 7) is 17.4. The summed E-state index contributed by atoms with van der Waals surface area (Å²) in [5.41, 5.74) is 22.4. The number of hydrogen-bond acceptors (Lipinski definition) is 0. The zero-order valence-electron chi connectivity index (χ0n) is 41.9. The van der Waals surface area contributed by atoms with Crippen molar-refractivity contribution in [1.82, 2.24) is 0 Å². The Morgan fingerprint density at radius 2 is 0.543 bits per heavy atom. The van der Waals surface area contributed by atoms with Crippen LogP contribution in [0.2, 0.25) is 0 Å². The van der Waals surface area contributed by atoms with Gasteiger partial charge < -0.3 is 0 Å². The van der Waals surface area contributed by atoms with Crippen LogP contribution in [0, 0.1) is 55.4 Å². The second-order valence-electron chi connectivity index (χ2n) is 20.1. The molecule has 12 aromatic rings. The van der Waals surface area contributed by atoms with Crippen LogP contribution in [0.3, 0.4) is 0 Å². The maximum atomic E-state index is 2.33. The lowest BCUT2D eigenvalue weighted by Crippen LogP contribution is -1.87. The van der Waals surface area contributed by atoms with Gasteiger partial charge in [0.25, 0.3) is 0 Å². The van der Waals surface area contributed by atoms with Gasteiger partial charge in [0.05, 0.1) is 0 Å². The van der Waals surface area contributed by atoms with Crippen molar-refractivity contribution in [2.45, 2.75) is 68.2 Å². The van der Waals surface area contributed by atoms with Crippen LogP contribution < -0.4 is 0 Å². The van der Waals surface area contributed by atoms with E-state index in [0.29, 0.717) is 0 Å². The van der Waals surface area contributed by atoms with Gasteiger partial charge >= 0.3 is 0 Å². The number of aryl methyl sites for hydroxylation is 8. The number of benzene rings is 12. The molecule has 0 nitrogen and oxygen atoms in total. The van der Waals surface area contributed by atoms with Gasteiger partial charge in [0.15, 0.2) is 0 Å². The zero-order chi connectivity index (χ0) is 48.2. The molecule has 0 aliphatic heterocycles. The van der Waals surface area contributed by atoms with Crippen molar-refractivity contribution in [3.8, 4) is 22.3 Å². The second-order valence-corrected chi connectivity index (χ2v) is 20.1. The Morgan fingerprint density at radius 1 is 0.229 bits per heavy atom. The van der Waals surface area contributed by atoms with Gasteiger partial charge in [-0.1, -0.05) is 228 Å². The molecule has 0 N–H and O–H groups in total. The molecule has 14 rings (SSSR count). The Kier molecular flexibility index (Phi) is 11.7. The van der Waals surface area contributed by atoms with Crippen molar-refractivity contribution in [3.05, 3.63) is 261 Å². The quantitative estimate of drug-likeness (QED) is 0.105. The molecule has 70 heavy (non-hydrogen) atoms. The molecule has 0 fully saturated rings. The largest absolute Gasteiger partial charge is 0.0616 e. The maximum absolute atomic E-state index is 2.33. The molecular formula is C70H60. The normalized spacial score (nSPS) is 11.9. The van der Waals surface area contributed by atoms with Crippen molar-refractivity contribution in [2.24, 2.45) is 0 Å². The average molecular weight is 901 g/mol. The summed E-state index contributed by atoms with van der Waals surface area (Å²) in [6, 6.07) is 71.3. The zero-order valence-corrected chi connectivity index (χ0v) is 41.9. The van der Waals surface area contributed by atoms with Crippen molar-refractivity contribution in [2.75, 3.05) is 0 Å². The van der Waals surface area contributed by atoms with E-state index in [0.717, 1.165) is 12.8 Å². The number of rotatable bonds is 0. The molecule has 0 unspecified atom stereocenters. The van der Waals surface area contributed by atoms with Gasteiger partial charge in [0, 0.05) is 0 Å². The van der Waals surface area contributed by atoms with Gasteiger partial charge in [0.1, 0.15) is 0 Å². The SMILES string of the molecule is Cc1c2ccccc2c(C)c2ccccc12.Cc1ccc2c(c1)Cc1c-2ccc2cc(C)ccc12.Cc1ccc2c(c1)Cc1cc(C)ccc1-2.Cc1ccc2c3ccc(C)cc3c3ccccc3c2c1. The summed E-state index contributed by atoms with van der Waals surface area (Å²) in [5, 5.41) is 16.4. The molecule has 0 bridgehead atoms. The average Bonchev–Trinajstić information content (AvgIpc) is 3.93. The van der Waals surface area contributed by atoms with E-state index in [-0.39, 0.29) is 0 Å². The van der Waals surface area contributed by atoms with E-state index in [9.17, 15) is 0 Å². The van der Waals surface area contributed by atoms with E-state index < -0.39 is 0 Å². The first kappa shape index (κ1) is 44.7. The molecular weight excluding hydrogens is 841 g/mol. The minimum atomic E-state index is 1.08. The maximum Gasteiger partial charge on any atom is -0.000719 e. The van der Waals surface area contributed by atoms with E-state index in [1.807, 2.05) is 0 Å². The first-order valence-corrected chi connectivity index (χ1v) is 25.0. The van der Waals surface area contributed by atoms with Crippen LogP contribution in [-0.2, 0) is 12.8 Å². The highest BCUT2D eigenvalue weighted by Gasteiger charge is 2.21. The van der Waals surface area contributed by atoms with Gasteiger partial charge in [0.2, 0.25) is 0 Å². The lowest BCUT2D eigenvalue weighted by atomic mass is 9.93. The van der Waals surface area contributed by atoms with Gasteiger partial charge in [-0.2, -0.15) is 0 Å². The van der Waals surface area contributed by atoms with Crippen LogP contribution in [0.4, 0.5) is 0 Å². The van der Waals surface area contributed by atoms with Gasteiger partial charge in [-0.05, 0) is 189 Å². The smallest absolute Gasteiger partial charge is 0.000719 e. The monoisotopic (exact) mass is 900 g/mol. The van der Waals surface area contributed by atoms with E-state index in [1.165, 1.54) is 154 Å². The van der Waals surface area contributed by atoms with E-state index in [4.69, 9.17) is 0 Å². The second kappa shape index (κ2) is 18.3. The Hall–Kier alpha value is -7.80. The van der Waals surface area contributed by atoms with Gasteiger partial charge in [-0.15, -0.1) is 0 Å². The fourth-order valence-electron chi connectivity index (χ4n) is 11.5. The van der Waals surface area contributed by atoms with Crippen molar-refractivity contribution < 1.29 is 0 Å². The molecule has 0 heteroatoms. The summed E-state index contributed by atoms with van der Waals surface area (Å²) in [4.78, 5) is 0. The fourth-order valence-corrected chi connectivity index (χ4v) is 11.5. The third-order valence-corrected chi connectivity index (χ3v) is 15.0. The fraction of sp³-hybridized carbons (Fsp3) is 0.143. The molecule has 12 aromatic carbocycles. The number of fused-ring (bicyclic) bond motifs is 16. The lowest BCUT2D eigenvalue weighted by molar-refractivity contribution is 1.24. The first-order chi connectivity index (χ1) is 34.0. The Morgan fingerprint density at radius 3 is 0.986 bits per heavy atom. The first-order valence-electron chi connectivity index (χ1n) is 25.0. The highest BCUT2D eigenvalue weighted by Crippen LogP contribution is 2.42. The Labute approximate surface area is 413 Å². The molecule has 0 saturated heterocycles. The molecule has 0 aromatic heterocycles. The highest BCUT2D eigenvalue weighted by atomic mass is 14.2. The summed E-state index contributed by atoms with van der Waals surface area (Å²) < 4.78 is 0. The molecule has 0 radical (unpaired) electrons. The molecule has 0 spiro atoms. The summed E-state index contributed by atoms with van der Waals surface area (Å²) >= 11 is 0.